The van der Waals surface area contributed by atoms with Crippen molar-refractivity contribution in [1.82, 2.24) is 0 Å². The molecule has 1 aromatic carbocycles. The van der Waals surface area contributed by atoms with Crippen LogP contribution in [0.3, 0.4) is 0 Å². The van der Waals surface area contributed by atoms with E-state index in [9.17, 15) is 14.7 Å². The van der Waals surface area contributed by atoms with Crippen LogP contribution in [-0.4, -0.2) is 16.9 Å². The minimum absolute atomic E-state index is 0.269. The number of rotatable bonds is 11. The van der Waals surface area contributed by atoms with Gasteiger partial charge in [0, 0.05) is 5.56 Å². The summed E-state index contributed by atoms with van der Waals surface area (Å²) in [6.07, 6.45) is 8.34. The monoisotopic (exact) mass is 290 g/mol. The highest BCUT2D eigenvalue weighted by atomic mass is 16.4. The summed E-state index contributed by atoms with van der Waals surface area (Å²) in [4.78, 5) is 23.5. The molecule has 3 nitrogen and oxygen atoms in total. The first-order valence-corrected chi connectivity index (χ1v) is 7.99. The second-order valence-corrected chi connectivity index (χ2v) is 5.53. The zero-order valence-electron chi connectivity index (χ0n) is 12.9. The first kappa shape index (κ1) is 17.4. The average molecular weight is 290 g/mol. The van der Waals surface area contributed by atoms with Crippen LogP contribution in [0.4, 0.5) is 0 Å². The van der Waals surface area contributed by atoms with Gasteiger partial charge in [-0.25, -0.2) is 0 Å². The van der Waals surface area contributed by atoms with Gasteiger partial charge in [0.2, 0.25) is 0 Å². The Balaban J connectivity index is 2.37. The summed E-state index contributed by atoms with van der Waals surface area (Å²) in [5.74, 6) is -2.17. The van der Waals surface area contributed by atoms with Gasteiger partial charge in [0.05, 0.1) is 0 Å². The molecule has 0 aromatic heterocycles. The number of carbonyl (C=O) groups excluding carboxylic acids is 1. The molecule has 0 radical (unpaired) electrons. The Hall–Kier alpha value is -1.64. The fraction of sp³-hybridized carbons (Fsp3) is 0.556. The highest BCUT2D eigenvalue weighted by molar-refractivity contribution is 6.08. The first-order chi connectivity index (χ1) is 10.2. The molecule has 0 aliphatic rings. The molecule has 1 unspecified atom stereocenters. The van der Waals surface area contributed by atoms with E-state index in [1.165, 1.54) is 25.7 Å². The van der Waals surface area contributed by atoms with Crippen molar-refractivity contribution in [3.8, 4) is 0 Å². The Bertz CT molecular complexity index is 425. The fourth-order valence-corrected chi connectivity index (χ4v) is 2.48. The van der Waals surface area contributed by atoms with E-state index in [2.05, 4.69) is 6.92 Å². The van der Waals surface area contributed by atoms with Gasteiger partial charge in [0.15, 0.2) is 5.78 Å². The Morgan fingerprint density at radius 3 is 2.10 bits per heavy atom. The third kappa shape index (κ3) is 6.56. The topological polar surface area (TPSA) is 54.4 Å². The van der Waals surface area contributed by atoms with Crippen LogP contribution in [0.25, 0.3) is 0 Å². The van der Waals surface area contributed by atoms with Crippen molar-refractivity contribution in [3.05, 3.63) is 35.9 Å². The molecule has 0 heterocycles. The predicted octanol–water partition coefficient (Wildman–Crippen LogP) is 4.71. The number of carbonyl (C=O) groups is 2. The molecule has 0 fully saturated rings. The smallest absolute Gasteiger partial charge is 0.314 e. The van der Waals surface area contributed by atoms with Gasteiger partial charge in [0.1, 0.15) is 5.92 Å². The average Bonchev–Trinajstić information content (AvgIpc) is 2.50. The van der Waals surface area contributed by atoms with Gasteiger partial charge in [-0.1, -0.05) is 82.2 Å². The summed E-state index contributed by atoms with van der Waals surface area (Å²) in [5, 5.41) is 9.26. The second-order valence-electron chi connectivity index (χ2n) is 5.53. The molecule has 1 rings (SSSR count). The SMILES string of the molecule is CCCCCCCCCC(C(=O)O)C(=O)c1ccccc1. The van der Waals surface area contributed by atoms with Crippen LogP contribution < -0.4 is 0 Å². The normalized spacial score (nSPS) is 12.0. The lowest BCUT2D eigenvalue weighted by Crippen LogP contribution is -2.23. The van der Waals surface area contributed by atoms with Gasteiger partial charge in [-0.3, -0.25) is 9.59 Å². The molecule has 0 spiro atoms. The van der Waals surface area contributed by atoms with Crippen LogP contribution >= 0.6 is 0 Å². The summed E-state index contributed by atoms with van der Waals surface area (Å²) in [6, 6.07) is 8.72. The van der Waals surface area contributed by atoms with Crippen LogP contribution in [-0.2, 0) is 4.79 Å². The van der Waals surface area contributed by atoms with Crippen molar-refractivity contribution in [2.24, 2.45) is 5.92 Å². The van der Waals surface area contributed by atoms with Crippen LogP contribution in [0.2, 0.25) is 0 Å². The van der Waals surface area contributed by atoms with E-state index >= 15 is 0 Å². The molecule has 0 bridgehead atoms. The highest BCUT2D eigenvalue weighted by Crippen LogP contribution is 2.17. The maximum atomic E-state index is 12.2. The number of carboxylic acids is 1. The lowest BCUT2D eigenvalue weighted by Gasteiger charge is -2.11. The molecule has 1 atom stereocenters. The van der Waals surface area contributed by atoms with Gasteiger partial charge >= 0.3 is 5.97 Å². The number of hydrogen-bond acceptors (Lipinski definition) is 2. The Labute approximate surface area is 127 Å². The van der Waals surface area contributed by atoms with Crippen LogP contribution in [0.1, 0.15) is 68.6 Å². The molecule has 0 saturated heterocycles. The van der Waals surface area contributed by atoms with Gasteiger partial charge < -0.3 is 5.11 Å². The Morgan fingerprint density at radius 2 is 1.52 bits per heavy atom. The van der Waals surface area contributed by atoms with Gasteiger partial charge in [-0.2, -0.15) is 0 Å². The lowest BCUT2D eigenvalue weighted by molar-refractivity contribution is -0.140. The molecule has 0 aliphatic carbocycles. The van der Waals surface area contributed by atoms with E-state index < -0.39 is 11.9 Å². The molecular formula is C18H26O3. The predicted molar refractivity (Wildman–Crippen MR) is 84.5 cm³/mol. The highest BCUT2D eigenvalue weighted by Gasteiger charge is 2.26. The molecule has 21 heavy (non-hydrogen) atoms. The molecule has 0 amide bonds. The number of ketones is 1. The minimum atomic E-state index is -1.00. The summed E-state index contributed by atoms with van der Waals surface area (Å²) >= 11 is 0. The van der Waals surface area contributed by atoms with Crippen LogP contribution in [0, 0.1) is 5.92 Å². The fourth-order valence-electron chi connectivity index (χ4n) is 2.48. The number of hydrogen-bond donors (Lipinski definition) is 1. The molecular weight excluding hydrogens is 264 g/mol. The van der Waals surface area contributed by atoms with E-state index in [0.717, 1.165) is 19.3 Å². The zero-order valence-corrected chi connectivity index (χ0v) is 12.9. The Morgan fingerprint density at radius 1 is 0.952 bits per heavy atom. The lowest BCUT2D eigenvalue weighted by atomic mass is 9.92. The third-order valence-corrected chi connectivity index (χ3v) is 3.77. The van der Waals surface area contributed by atoms with E-state index in [-0.39, 0.29) is 5.78 Å². The van der Waals surface area contributed by atoms with Gasteiger partial charge in [-0.05, 0) is 6.42 Å². The van der Waals surface area contributed by atoms with Crippen molar-refractivity contribution in [1.29, 1.82) is 0 Å². The van der Waals surface area contributed by atoms with E-state index in [1.54, 1.807) is 24.3 Å². The molecule has 116 valence electrons. The van der Waals surface area contributed by atoms with Gasteiger partial charge in [0.25, 0.3) is 0 Å². The molecule has 0 aliphatic heterocycles. The number of carboxylic acid groups (broad SMARTS) is 1. The van der Waals surface area contributed by atoms with E-state index in [0.29, 0.717) is 12.0 Å². The number of unbranched alkanes of at least 4 members (excludes halogenated alkanes) is 6. The number of benzene rings is 1. The largest absolute Gasteiger partial charge is 0.481 e. The zero-order chi connectivity index (χ0) is 15.5. The maximum absolute atomic E-state index is 12.2. The van der Waals surface area contributed by atoms with Crippen molar-refractivity contribution in [3.63, 3.8) is 0 Å². The first-order valence-electron chi connectivity index (χ1n) is 7.99. The van der Waals surface area contributed by atoms with Crippen LogP contribution in [0.15, 0.2) is 30.3 Å². The summed E-state index contributed by atoms with van der Waals surface area (Å²) in [7, 11) is 0. The maximum Gasteiger partial charge on any atom is 0.314 e. The molecule has 1 N–H and O–H groups in total. The quantitative estimate of drug-likeness (QED) is 0.365. The van der Waals surface area contributed by atoms with E-state index in [4.69, 9.17) is 0 Å². The number of aliphatic carboxylic acids is 1. The van der Waals surface area contributed by atoms with Crippen molar-refractivity contribution in [2.45, 2.75) is 58.3 Å². The van der Waals surface area contributed by atoms with E-state index in [1.807, 2.05) is 6.07 Å². The van der Waals surface area contributed by atoms with Crippen molar-refractivity contribution >= 4 is 11.8 Å². The molecule has 1 aromatic rings. The van der Waals surface area contributed by atoms with Gasteiger partial charge in [-0.15, -0.1) is 0 Å². The van der Waals surface area contributed by atoms with Crippen molar-refractivity contribution in [2.75, 3.05) is 0 Å². The third-order valence-electron chi connectivity index (χ3n) is 3.77. The molecule has 0 saturated carbocycles. The molecule has 3 heteroatoms. The summed E-state index contributed by atoms with van der Waals surface area (Å²) in [6.45, 7) is 2.19. The Kier molecular flexibility index (Phi) is 8.41. The number of Topliss-reactive ketones (excluding diaryl/α,β-unsaturated/α-hetero) is 1. The second kappa shape index (κ2) is 10.1. The minimum Gasteiger partial charge on any atom is -0.481 e. The standard InChI is InChI=1S/C18H26O3/c1-2-3-4-5-6-7-11-14-16(18(20)21)17(19)15-12-9-8-10-13-15/h8-10,12-13,16H,2-7,11,14H2,1H3,(H,20,21). The summed E-state index contributed by atoms with van der Waals surface area (Å²) in [5.41, 5.74) is 0.493. The summed E-state index contributed by atoms with van der Waals surface area (Å²) < 4.78 is 0. The van der Waals surface area contributed by atoms with Crippen LogP contribution in [0.5, 0.6) is 0 Å². The van der Waals surface area contributed by atoms with Crippen molar-refractivity contribution < 1.29 is 14.7 Å².